The largest absolute Gasteiger partial charge is 0.397 e. The maximum absolute atomic E-state index is 5.89. The van der Waals surface area contributed by atoms with Crippen molar-refractivity contribution in [3.8, 4) is 33.9 Å². The van der Waals surface area contributed by atoms with E-state index in [1.807, 2.05) is 30.3 Å². The lowest BCUT2D eigenvalue weighted by atomic mass is 10.1. The van der Waals surface area contributed by atoms with Gasteiger partial charge in [0.25, 0.3) is 0 Å². The van der Waals surface area contributed by atoms with Crippen LogP contribution in [0.3, 0.4) is 0 Å². The molecule has 148 valence electrons. The molecule has 0 unspecified atom stereocenters. The van der Waals surface area contributed by atoms with Gasteiger partial charge in [-0.15, -0.1) is 0 Å². The third kappa shape index (κ3) is 2.87. The summed E-state index contributed by atoms with van der Waals surface area (Å²) in [5, 5.41) is 8.28. The first kappa shape index (κ1) is 17.2. The van der Waals surface area contributed by atoms with Gasteiger partial charge in [-0.05, 0) is 24.3 Å². The zero-order chi connectivity index (χ0) is 20.8. The SMILES string of the molecule is Nc1cncc(-c2cnc3[nH]nc(-c4nc5c(-c6ccccn6)cncc5[nH]4)c3c2)c1. The van der Waals surface area contributed by atoms with Gasteiger partial charge >= 0.3 is 0 Å². The molecule has 0 aliphatic rings. The molecule has 9 heteroatoms. The zero-order valence-electron chi connectivity index (χ0n) is 16.1. The fourth-order valence-corrected chi connectivity index (χ4v) is 3.61. The molecule has 0 amide bonds. The summed E-state index contributed by atoms with van der Waals surface area (Å²) in [5.41, 5.74) is 12.8. The van der Waals surface area contributed by atoms with Gasteiger partial charge in [0.15, 0.2) is 11.5 Å². The van der Waals surface area contributed by atoms with Gasteiger partial charge in [-0.2, -0.15) is 5.10 Å². The highest BCUT2D eigenvalue weighted by atomic mass is 15.2. The standard InChI is InChI=1S/C22H15N9/c23-14-5-12(7-24-9-14)13-6-15-20(30-31-21(15)27-8-13)22-28-18-11-25-10-16(19(18)29-22)17-3-1-2-4-26-17/h1-11H,23H2,(H,28,29)(H,27,30,31). The summed E-state index contributed by atoms with van der Waals surface area (Å²) in [4.78, 5) is 25.6. The smallest absolute Gasteiger partial charge is 0.159 e. The summed E-state index contributed by atoms with van der Waals surface area (Å²) < 4.78 is 0. The van der Waals surface area contributed by atoms with Crippen LogP contribution in [0.15, 0.2) is 67.5 Å². The van der Waals surface area contributed by atoms with E-state index in [0.717, 1.165) is 38.8 Å². The summed E-state index contributed by atoms with van der Waals surface area (Å²) in [6, 6.07) is 9.62. The van der Waals surface area contributed by atoms with Crippen molar-refractivity contribution >= 4 is 27.8 Å². The van der Waals surface area contributed by atoms with Crippen LogP contribution in [-0.2, 0) is 0 Å². The van der Waals surface area contributed by atoms with Crippen LogP contribution in [0.2, 0.25) is 0 Å². The number of aromatic nitrogens is 8. The van der Waals surface area contributed by atoms with Crippen molar-refractivity contribution in [3.63, 3.8) is 0 Å². The Bertz CT molecular complexity index is 1550. The van der Waals surface area contributed by atoms with Crippen LogP contribution in [0.4, 0.5) is 5.69 Å². The molecule has 4 N–H and O–H groups in total. The van der Waals surface area contributed by atoms with E-state index in [1.54, 1.807) is 37.2 Å². The fraction of sp³-hybridized carbons (Fsp3) is 0. The zero-order valence-corrected chi connectivity index (χ0v) is 16.1. The molecule has 9 nitrogen and oxygen atoms in total. The van der Waals surface area contributed by atoms with Crippen LogP contribution in [0.5, 0.6) is 0 Å². The van der Waals surface area contributed by atoms with Crippen molar-refractivity contribution in [1.29, 1.82) is 0 Å². The van der Waals surface area contributed by atoms with Crippen molar-refractivity contribution in [2.24, 2.45) is 0 Å². The van der Waals surface area contributed by atoms with E-state index in [2.05, 4.69) is 35.1 Å². The fourth-order valence-electron chi connectivity index (χ4n) is 3.61. The van der Waals surface area contributed by atoms with Crippen molar-refractivity contribution < 1.29 is 0 Å². The molecule has 6 aromatic rings. The first-order valence-corrected chi connectivity index (χ1v) is 9.57. The molecule has 0 radical (unpaired) electrons. The van der Waals surface area contributed by atoms with Crippen LogP contribution in [0, 0.1) is 0 Å². The first-order chi connectivity index (χ1) is 15.3. The van der Waals surface area contributed by atoms with E-state index in [-0.39, 0.29) is 0 Å². The van der Waals surface area contributed by atoms with Crippen LogP contribution in [0.1, 0.15) is 0 Å². The second kappa shape index (κ2) is 6.70. The van der Waals surface area contributed by atoms with E-state index < -0.39 is 0 Å². The highest BCUT2D eigenvalue weighted by Crippen LogP contribution is 2.31. The average Bonchev–Trinajstić information content (AvgIpc) is 3.43. The molecule has 0 atom stereocenters. The molecule has 6 rings (SSSR count). The summed E-state index contributed by atoms with van der Waals surface area (Å²) in [5.74, 6) is 0.621. The molecular formula is C22H15N9. The number of aromatic amines is 2. The normalized spacial score (nSPS) is 11.4. The lowest BCUT2D eigenvalue weighted by Gasteiger charge is -2.02. The van der Waals surface area contributed by atoms with Crippen LogP contribution in [0.25, 0.3) is 56.0 Å². The van der Waals surface area contributed by atoms with Gasteiger partial charge in [-0.25, -0.2) is 9.97 Å². The number of nitrogen functional groups attached to an aromatic ring is 1. The Kier molecular flexibility index (Phi) is 3.72. The van der Waals surface area contributed by atoms with Crippen molar-refractivity contribution in [2.45, 2.75) is 0 Å². The number of hydrogen-bond acceptors (Lipinski definition) is 7. The number of fused-ring (bicyclic) bond motifs is 2. The minimum Gasteiger partial charge on any atom is -0.397 e. The Hall–Kier alpha value is -4.66. The third-order valence-corrected chi connectivity index (χ3v) is 5.07. The number of anilines is 1. The van der Waals surface area contributed by atoms with Gasteiger partial charge in [-0.3, -0.25) is 20.1 Å². The first-order valence-electron chi connectivity index (χ1n) is 9.57. The maximum atomic E-state index is 5.89. The Balaban J connectivity index is 1.51. The molecular weight excluding hydrogens is 390 g/mol. The molecule has 31 heavy (non-hydrogen) atoms. The molecule has 0 aliphatic heterocycles. The maximum Gasteiger partial charge on any atom is 0.159 e. The molecule has 6 aromatic heterocycles. The lowest BCUT2D eigenvalue weighted by Crippen LogP contribution is -1.89. The predicted molar refractivity (Wildman–Crippen MR) is 118 cm³/mol. The Morgan fingerprint density at radius 1 is 0.871 bits per heavy atom. The summed E-state index contributed by atoms with van der Waals surface area (Å²) in [6.45, 7) is 0. The van der Waals surface area contributed by atoms with Gasteiger partial charge in [0.2, 0.25) is 0 Å². The molecule has 0 bridgehead atoms. The molecule has 0 saturated heterocycles. The van der Waals surface area contributed by atoms with Crippen LogP contribution in [-0.4, -0.2) is 40.1 Å². The van der Waals surface area contributed by atoms with Gasteiger partial charge in [-0.1, -0.05) is 6.07 Å². The Labute approximate surface area is 175 Å². The quantitative estimate of drug-likeness (QED) is 0.409. The topological polar surface area (TPSA) is 135 Å². The average molecular weight is 405 g/mol. The van der Waals surface area contributed by atoms with Crippen LogP contribution < -0.4 is 5.73 Å². The summed E-state index contributed by atoms with van der Waals surface area (Å²) >= 11 is 0. The lowest BCUT2D eigenvalue weighted by molar-refractivity contribution is 1.09. The van der Waals surface area contributed by atoms with Crippen LogP contribution >= 0.6 is 0 Å². The van der Waals surface area contributed by atoms with E-state index in [4.69, 9.17) is 10.7 Å². The van der Waals surface area contributed by atoms with Gasteiger partial charge in [0.05, 0.1) is 28.5 Å². The molecule has 0 saturated carbocycles. The van der Waals surface area contributed by atoms with Crippen molar-refractivity contribution in [2.75, 3.05) is 5.73 Å². The number of nitrogens with one attached hydrogen (secondary N) is 2. The minimum absolute atomic E-state index is 0.594. The van der Waals surface area contributed by atoms with E-state index in [1.165, 1.54) is 0 Å². The van der Waals surface area contributed by atoms with Crippen molar-refractivity contribution in [1.82, 2.24) is 40.1 Å². The molecule has 6 heterocycles. The molecule has 0 fully saturated rings. The highest BCUT2D eigenvalue weighted by Gasteiger charge is 2.17. The summed E-state index contributed by atoms with van der Waals surface area (Å²) in [7, 11) is 0. The highest BCUT2D eigenvalue weighted by molar-refractivity contribution is 5.96. The predicted octanol–water partition coefficient (Wildman–Crippen LogP) is 3.60. The number of nitrogens with zero attached hydrogens (tertiary/aromatic N) is 6. The second-order valence-electron chi connectivity index (χ2n) is 7.08. The second-order valence-corrected chi connectivity index (χ2v) is 7.08. The van der Waals surface area contributed by atoms with E-state index in [0.29, 0.717) is 22.9 Å². The van der Waals surface area contributed by atoms with Gasteiger partial charge < -0.3 is 10.7 Å². The molecule has 0 aliphatic carbocycles. The number of hydrogen-bond donors (Lipinski definition) is 3. The minimum atomic E-state index is 0.594. The van der Waals surface area contributed by atoms with Crippen molar-refractivity contribution in [3.05, 3.63) is 67.5 Å². The molecule has 0 aromatic carbocycles. The Morgan fingerprint density at radius 2 is 1.77 bits per heavy atom. The number of rotatable bonds is 3. The number of nitrogens with two attached hydrogens (primary N) is 1. The van der Waals surface area contributed by atoms with Gasteiger partial charge in [0.1, 0.15) is 11.2 Å². The monoisotopic (exact) mass is 405 g/mol. The Morgan fingerprint density at radius 3 is 2.65 bits per heavy atom. The van der Waals surface area contributed by atoms with E-state index in [9.17, 15) is 0 Å². The van der Waals surface area contributed by atoms with E-state index >= 15 is 0 Å². The summed E-state index contributed by atoms with van der Waals surface area (Å²) in [6.07, 6.45) is 10.4. The third-order valence-electron chi connectivity index (χ3n) is 5.07. The number of pyridine rings is 4. The van der Waals surface area contributed by atoms with Gasteiger partial charge in [0, 0.05) is 47.7 Å². The number of H-pyrrole nitrogens is 2. The molecule has 0 spiro atoms. The number of imidazole rings is 1.